The van der Waals surface area contributed by atoms with Gasteiger partial charge in [-0.25, -0.2) is 9.78 Å². The normalized spacial score (nSPS) is 11.2. The second-order valence-electron chi connectivity index (χ2n) is 5.16. The second-order valence-corrected chi connectivity index (χ2v) is 6.68. The number of nitrogens with zero attached hydrogens (tertiary/aromatic N) is 1. The van der Waals surface area contributed by atoms with Gasteiger partial charge in [0.25, 0.3) is 0 Å². The fourth-order valence-corrected chi connectivity index (χ4v) is 2.32. The number of nitrogens with one attached hydrogen (secondary N) is 1. The van der Waals surface area contributed by atoms with Gasteiger partial charge in [0.05, 0.1) is 11.3 Å². The molecule has 0 aliphatic rings. The molecule has 0 fully saturated rings. The number of halogens is 1. The first-order valence-electron chi connectivity index (χ1n) is 6.04. The van der Waals surface area contributed by atoms with Gasteiger partial charge in [0, 0.05) is 6.20 Å². The van der Waals surface area contributed by atoms with Crippen molar-refractivity contribution < 1.29 is 9.53 Å². The number of carbonyl (C=O) groups is 1. The Hall–Kier alpha value is -1.59. The highest BCUT2D eigenvalue weighted by molar-refractivity contribution is 7.15. The molecular formula is C14H15ClN2O2S. The molecule has 0 aliphatic heterocycles. The number of carbonyl (C=O) groups excluding carboxylic acids is 1. The first kappa shape index (κ1) is 14.8. The molecule has 0 aromatic carbocycles. The summed E-state index contributed by atoms with van der Waals surface area (Å²) in [5, 5.41) is 4.95. The van der Waals surface area contributed by atoms with Crippen molar-refractivity contribution in [3.05, 3.63) is 39.7 Å². The molecule has 2 heterocycles. The number of hydrogen-bond acceptors (Lipinski definition) is 5. The Balaban J connectivity index is 2.16. The molecule has 4 nitrogen and oxygen atoms in total. The van der Waals surface area contributed by atoms with Crippen LogP contribution in [0.15, 0.2) is 29.8 Å². The summed E-state index contributed by atoms with van der Waals surface area (Å²) in [6, 6.07) is 5.12. The van der Waals surface area contributed by atoms with Gasteiger partial charge in [-0.05, 0) is 44.4 Å². The van der Waals surface area contributed by atoms with Gasteiger partial charge in [-0.2, -0.15) is 0 Å². The molecule has 2 aromatic rings. The minimum atomic E-state index is -0.523. The van der Waals surface area contributed by atoms with Crippen LogP contribution in [-0.2, 0) is 4.74 Å². The zero-order valence-electron chi connectivity index (χ0n) is 11.4. The van der Waals surface area contributed by atoms with Gasteiger partial charge in [0.1, 0.15) is 15.8 Å². The fourth-order valence-electron chi connectivity index (χ4n) is 1.48. The molecule has 0 saturated carbocycles. The molecule has 0 radical (unpaired) electrons. The van der Waals surface area contributed by atoms with Crippen LogP contribution in [0, 0.1) is 0 Å². The number of anilines is 2. The zero-order chi connectivity index (χ0) is 14.8. The minimum absolute atomic E-state index is 0.376. The predicted molar refractivity (Wildman–Crippen MR) is 82.0 cm³/mol. The molecule has 0 spiro atoms. The van der Waals surface area contributed by atoms with Crippen LogP contribution in [0.1, 0.15) is 31.1 Å². The summed E-state index contributed by atoms with van der Waals surface area (Å²) < 4.78 is 5.97. The third-order valence-corrected chi connectivity index (χ3v) is 3.45. The third-order valence-electron chi connectivity index (χ3n) is 2.28. The van der Waals surface area contributed by atoms with Crippen LogP contribution in [0.3, 0.4) is 0 Å². The van der Waals surface area contributed by atoms with E-state index in [2.05, 4.69) is 10.3 Å². The number of thiophene rings is 1. The van der Waals surface area contributed by atoms with Crippen molar-refractivity contribution in [3.8, 4) is 0 Å². The summed E-state index contributed by atoms with van der Waals surface area (Å²) in [7, 11) is 0. The summed E-state index contributed by atoms with van der Waals surface area (Å²) in [6.45, 7) is 5.49. The summed E-state index contributed by atoms with van der Waals surface area (Å²) in [5.41, 5.74) is 0.694. The Morgan fingerprint density at radius 2 is 2.15 bits per heavy atom. The summed E-state index contributed by atoms with van der Waals surface area (Å²) in [6.07, 6.45) is 1.56. The molecule has 0 unspecified atom stereocenters. The van der Waals surface area contributed by atoms with Crippen LogP contribution in [0.2, 0.25) is 4.34 Å². The molecular weight excluding hydrogens is 296 g/mol. The number of esters is 1. The minimum Gasteiger partial charge on any atom is -0.456 e. The van der Waals surface area contributed by atoms with Crippen LogP contribution in [-0.4, -0.2) is 16.6 Å². The van der Waals surface area contributed by atoms with Crippen molar-refractivity contribution in [1.29, 1.82) is 0 Å². The number of pyridine rings is 1. The van der Waals surface area contributed by atoms with Crippen LogP contribution in [0.25, 0.3) is 0 Å². The van der Waals surface area contributed by atoms with Crippen molar-refractivity contribution >= 4 is 40.4 Å². The second kappa shape index (κ2) is 5.81. The highest BCUT2D eigenvalue weighted by Crippen LogP contribution is 2.30. The summed E-state index contributed by atoms with van der Waals surface area (Å²) >= 11 is 7.44. The Kier molecular flexibility index (Phi) is 4.30. The molecule has 6 heteroatoms. The number of aromatic nitrogens is 1. The van der Waals surface area contributed by atoms with E-state index in [1.54, 1.807) is 18.3 Å². The standard InChI is InChI=1S/C14H15ClN2O2S/c1-14(2,3)19-13(18)9-4-6-16-11(8-9)17-10-5-7-20-12(10)15/h4-8H,1-3H3,(H,16,17). The van der Waals surface area contributed by atoms with Crippen LogP contribution in [0.4, 0.5) is 11.5 Å². The molecule has 20 heavy (non-hydrogen) atoms. The van der Waals surface area contributed by atoms with Crippen LogP contribution >= 0.6 is 22.9 Å². The Morgan fingerprint density at radius 1 is 1.40 bits per heavy atom. The molecule has 2 aromatic heterocycles. The monoisotopic (exact) mass is 310 g/mol. The molecule has 106 valence electrons. The van der Waals surface area contributed by atoms with E-state index in [-0.39, 0.29) is 5.97 Å². The quantitative estimate of drug-likeness (QED) is 0.848. The highest BCUT2D eigenvalue weighted by atomic mass is 35.5. The highest BCUT2D eigenvalue weighted by Gasteiger charge is 2.18. The lowest BCUT2D eigenvalue weighted by Crippen LogP contribution is -2.23. The lowest BCUT2D eigenvalue weighted by molar-refractivity contribution is 0.00695. The van der Waals surface area contributed by atoms with Gasteiger partial charge in [0.15, 0.2) is 0 Å². The summed E-state index contributed by atoms with van der Waals surface area (Å²) in [5.74, 6) is 0.174. The molecule has 1 N–H and O–H groups in total. The van der Waals surface area contributed by atoms with Gasteiger partial charge in [-0.3, -0.25) is 0 Å². The molecule has 2 rings (SSSR count). The van der Waals surface area contributed by atoms with Gasteiger partial charge >= 0.3 is 5.97 Å². The van der Waals surface area contributed by atoms with Crippen molar-refractivity contribution in [1.82, 2.24) is 4.98 Å². The topological polar surface area (TPSA) is 51.2 Å². The number of hydrogen-bond donors (Lipinski definition) is 1. The van der Waals surface area contributed by atoms with Crippen molar-refractivity contribution in [2.75, 3.05) is 5.32 Å². The van der Waals surface area contributed by atoms with E-state index in [0.717, 1.165) is 5.69 Å². The lowest BCUT2D eigenvalue weighted by atomic mass is 10.2. The SMILES string of the molecule is CC(C)(C)OC(=O)c1ccnc(Nc2ccsc2Cl)c1. The van der Waals surface area contributed by atoms with Crippen molar-refractivity contribution in [2.45, 2.75) is 26.4 Å². The molecule has 0 amide bonds. The van der Waals surface area contributed by atoms with E-state index in [1.807, 2.05) is 32.2 Å². The number of ether oxygens (including phenoxy) is 1. The maximum Gasteiger partial charge on any atom is 0.338 e. The average molecular weight is 311 g/mol. The van der Waals surface area contributed by atoms with E-state index in [1.165, 1.54) is 11.3 Å². The molecule has 0 saturated heterocycles. The van der Waals surface area contributed by atoms with E-state index in [0.29, 0.717) is 15.7 Å². The van der Waals surface area contributed by atoms with Gasteiger partial charge < -0.3 is 10.1 Å². The Morgan fingerprint density at radius 3 is 2.75 bits per heavy atom. The fraction of sp³-hybridized carbons (Fsp3) is 0.286. The Bertz CT molecular complexity index is 620. The van der Waals surface area contributed by atoms with Gasteiger partial charge in [-0.1, -0.05) is 11.6 Å². The van der Waals surface area contributed by atoms with E-state index in [9.17, 15) is 4.79 Å². The first-order valence-corrected chi connectivity index (χ1v) is 7.30. The van der Waals surface area contributed by atoms with Crippen molar-refractivity contribution in [3.63, 3.8) is 0 Å². The van der Waals surface area contributed by atoms with Gasteiger partial charge in [-0.15, -0.1) is 11.3 Å². The van der Waals surface area contributed by atoms with E-state index >= 15 is 0 Å². The van der Waals surface area contributed by atoms with Crippen LogP contribution in [0.5, 0.6) is 0 Å². The summed E-state index contributed by atoms with van der Waals surface area (Å²) in [4.78, 5) is 16.1. The molecule has 0 bridgehead atoms. The first-order chi connectivity index (χ1) is 9.35. The Labute approximate surface area is 126 Å². The predicted octanol–water partition coefficient (Wildman–Crippen LogP) is 4.50. The maximum absolute atomic E-state index is 12.0. The van der Waals surface area contributed by atoms with Crippen LogP contribution < -0.4 is 5.32 Å². The average Bonchev–Trinajstić information content (AvgIpc) is 2.73. The number of rotatable bonds is 3. The largest absolute Gasteiger partial charge is 0.456 e. The van der Waals surface area contributed by atoms with E-state index in [4.69, 9.17) is 16.3 Å². The zero-order valence-corrected chi connectivity index (χ0v) is 13.0. The maximum atomic E-state index is 12.0. The molecule has 0 atom stereocenters. The lowest BCUT2D eigenvalue weighted by Gasteiger charge is -2.19. The third kappa shape index (κ3) is 3.95. The van der Waals surface area contributed by atoms with Gasteiger partial charge in [0.2, 0.25) is 0 Å². The van der Waals surface area contributed by atoms with E-state index < -0.39 is 5.60 Å². The smallest absolute Gasteiger partial charge is 0.338 e. The molecule has 0 aliphatic carbocycles. The van der Waals surface area contributed by atoms with Crippen molar-refractivity contribution in [2.24, 2.45) is 0 Å².